The number of amides is 1. The first-order valence-corrected chi connectivity index (χ1v) is 8.95. The van der Waals surface area contributed by atoms with E-state index in [-0.39, 0.29) is 17.8 Å². The fourth-order valence-corrected chi connectivity index (χ4v) is 4.01. The van der Waals surface area contributed by atoms with Gasteiger partial charge in [0.1, 0.15) is 11.5 Å². The lowest BCUT2D eigenvalue weighted by atomic mass is 9.96. The van der Waals surface area contributed by atoms with Gasteiger partial charge in [0.2, 0.25) is 0 Å². The minimum absolute atomic E-state index is 0.138. The molecule has 1 aliphatic rings. The quantitative estimate of drug-likeness (QED) is 0.923. The van der Waals surface area contributed by atoms with E-state index in [1.807, 2.05) is 6.07 Å². The molecule has 0 aliphatic carbocycles. The van der Waals surface area contributed by atoms with Gasteiger partial charge < -0.3 is 10.0 Å². The fraction of sp³-hybridized carbons (Fsp3) is 0.444. The van der Waals surface area contributed by atoms with Gasteiger partial charge in [-0.3, -0.25) is 4.79 Å². The molecule has 0 bridgehead atoms. The first-order valence-electron chi connectivity index (χ1n) is 8.07. The van der Waals surface area contributed by atoms with E-state index in [2.05, 4.69) is 4.98 Å². The van der Waals surface area contributed by atoms with Crippen LogP contribution in [0.25, 0.3) is 0 Å². The summed E-state index contributed by atoms with van der Waals surface area (Å²) in [5.74, 6) is -0.410. The molecule has 6 heteroatoms. The largest absolute Gasteiger partial charge is 0.388 e. The first-order chi connectivity index (χ1) is 11.3. The minimum Gasteiger partial charge on any atom is -0.388 e. The number of carbonyl (C=O) groups excluding carboxylic acids is 1. The molecule has 128 valence electrons. The van der Waals surface area contributed by atoms with Crippen LogP contribution in [0.15, 0.2) is 29.6 Å². The molecular formula is C18H21FN2O2S. The van der Waals surface area contributed by atoms with Crippen LogP contribution in [0.5, 0.6) is 0 Å². The molecule has 1 saturated heterocycles. The lowest BCUT2D eigenvalue weighted by Gasteiger charge is -2.33. The number of aromatic nitrogens is 1. The van der Waals surface area contributed by atoms with Crippen molar-refractivity contribution >= 4 is 17.2 Å². The van der Waals surface area contributed by atoms with Crippen LogP contribution < -0.4 is 0 Å². The molecule has 4 nitrogen and oxygen atoms in total. The van der Waals surface area contributed by atoms with Gasteiger partial charge in [-0.15, -0.1) is 11.3 Å². The van der Waals surface area contributed by atoms with E-state index in [4.69, 9.17) is 0 Å². The second kappa shape index (κ2) is 6.61. The van der Waals surface area contributed by atoms with E-state index in [0.717, 1.165) is 23.4 Å². The third-order valence-electron chi connectivity index (χ3n) is 4.34. The number of thiazole rings is 1. The second-order valence-corrected chi connectivity index (χ2v) is 7.69. The number of halogens is 1. The molecule has 1 amide bonds. The van der Waals surface area contributed by atoms with Gasteiger partial charge in [0.05, 0.1) is 16.7 Å². The molecule has 0 spiro atoms. The Bertz CT molecular complexity index is 739. The van der Waals surface area contributed by atoms with Crippen molar-refractivity contribution in [3.05, 3.63) is 51.7 Å². The summed E-state index contributed by atoms with van der Waals surface area (Å²) in [6, 6.07) is 6.22. The van der Waals surface area contributed by atoms with Crippen molar-refractivity contribution in [2.24, 2.45) is 0 Å². The molecule has 1 aliphatic heterocycles. The van der Waals surface area contributed by atoms with E-state index in [1.54, 1.807) is 30.2 Å². The number of benzene rings is 1. The van der Waals surface area contributed by atoms with Gasteiger partial charge >= 0.3 is 0 Å². The Kier molecular flexibility index (Phi) is 4.69. The van der Waals surface area contributed by atoms with E-state index >= 15 is 0 Å². The highest BCUT2D eigenvalue weighted by Gasteiger charge is 2.39. The van der Waals surface area contributed by atoms with Crippen molar-refractivity contribution in [2.45, 2.75) is 44.8 Å². The predicted octanol–water partition coefficient (Wildman–Crippen LogP) is 3.25. The monoisotopic (exact) mass is 348 g/mol. The van der Waals surface area contributed by atoms with Crippen molar-refractivity contribution in [1.82, 2.24) is 9.88 Å². The van der Waals surface area contributed by atoms with E-state index in [1.165, 1.54) is 23.5 Å². The van der Waals surface area contributed by atoms with E-state index in [0.29, 0.717) is 18.7 Å². The van der Waals surface area contributed by atoms with Gasteiger partial charge in [0.15, 0.2) is 0 Å². The lowest BCUT2D eigenvalue weighted by Crippen LogP contribution is -2.48. The molecule has 1 aromatic carbocycles. The zero-order valence-electron chi connectivity index (χ0n) is 13.8. The number of rotatable bonds is 4. The molecule has 1 N–H and O–H groups in total. The predicted molar refractivity (Wildman–Crippen MR) is 91.7 cm³/mol. The molecule has 3 rings (SSSR count). The Labute approximate surface area is 145 Å². The maximum atomic E-state index is 13.3. The molecule has 2 aromatic rings. The molecule has 0 saturated carbocycles. The van der Waals surface area contributed by atoms with Gasteiger partial charge in [0.25, 0.3) is 5.91 Å². The van der Waals surface area contributed by atoms with Crippen molar-refractivity contribution < 1.29 is 14.3 Å². The van der Waals surface area contributed by atoms with Gasteiger partial charge in [-0.2, -0.15) is 0 Å². The van der Waals surface area contributed by atoms with E-state index in [9.17, 15) is 14.3 Å². The average molecular weight is 348 g/mol. The summed E-state index contributed by atoms with van der Waals surface area (Å²) in [4.78, 5) is 18.9. The van der Waals surface area contributed by atoms with Crippen LogP contribution >= 0.6 is 11.3 Å². The van der Waals surface area contributed by atoms with Gasteiger partial charge in [-0.25, -0.2) is 9.37 Å². The molecule has 1 aromatic heterocycles. The highest BCUT2D eigenvalue weighted by molar-refractivity contribution is 7.09. The summed E-state index contributed by atoms with van der Waals surface area (Å²) >= 11 is 1.40. The Morgan fingerprint density at radius 3 is 3.00 bits per heavy atom. The minimum atomic E-state index is -0.924. The van der Waals surface area contributed by atoms with Crippen LogP contribution in [0.1, 0.15) is 47.7 Å². The van der Waals surface area contributed by atoms with Crippen LogP contribution in [0.4, 0.5) is 4.39 Å². The number of carbonyl (C=O) groups is 1. The molecule has 1 unspecified atom stereocenters. The number of hydrogen-bond donors (Lipinski definition) is 1. The molecule has 0 radical (unpaired) electrons. The maximum absolute atomic E-state index is 13.3. The van der Waals surface area contributed by atoms with Crippen molar-refractivity contribution in [2.75, 3.05) is 6.54 Å². The van der Waals surface area contributed by atoms with Crippen molar-refractivity contribution in [1.29, 1.82) is 0 Å². The normalized spacial score (nSPS) is 18.2. The molecule has 1 atom stereocenters. The van der Waals surface area contributed by atoms with Crippen molar-refractivity contribution in [3.63, 3.8) is 0 Å². The summed E-state index contributed by atoms with van der Waals surface area (Å²) < 4.78 is 13.3. The molecular weight excluding hydrogens is 327 g/mol. The van der Waals surface area contributed by atoms with Gasteiger partial charge in [-0.1, -0.05) is 12.1 Å². The highest BCUT2D eigenvalue weighted by Crippen LogP contribution is 2.28. The highest BCUT2D eigenvalue weighted by atomic mass is 32.1. The maximum Gasteiger partial charge on any atom is 0.273 e. The van der Waals surface area contributed by atoms with Crippen LogP contribution in [-0.2, 0) is 6.42 Å². The summed E-state index contributed by atoms with van der Waals surface area (Å²) in [7, 11) is 0. The van der Waals surface area contributed by atoms with Crippen LogP contribution in [0.2, 0.25) is 0 Å². The topological polar surface area (TPSA) is 53.4 Å². The average Bonchev–Trinajstić information content (AvgIpc) is 3.15. The standard InChI is InChI=1S/C18H21FN2O2S/c1-18(2,23)15-7-4-8-21(15)17(22)14-11-24-16(20-14)10-12-5-3-6-13(19)9-12/h3,5-6,9,11,15,23H,4,7-8,10H2,1-2H3. The molecule has 2 heterocycles. The van der Waals surface area contributed by atoms with Gasteiger partial charge in [-0.05, 0) is 44.4 Å². The smallest absolute Gasteiger partial charge is 0.273 e. The van der Waals surface area contributed by atoms with Crippen LogP contribution in [0, 0.1) is 5.82 Å². The summed E-state index contributed by atoms with van der Waals surface area (Å²) in [5, 5.41) is 12.8. The molecule has 1 fully saturated rings. The Morgan fingerprint density at radius 2 is 2.29 bits per heavy atom. The third-order valence-corrected chi connectivity index (χ3v) is 5.19. The fourth-order valence-electron chi connectivity index (χ4n) is 3.20. The Morgan fingerprint density at radius 1 is 1.50 bits per heavy atom. The second-order valence-electron chi connectivity index (χ2n) is 6.74. The molecule has 24 heavy (non-hydrogen) atoms. The van der Waals surface area contributed by atoms with Crippen molar-refractivity contribution in [3.8, 4) is 0 Å². The van der Waals surface area contributed by atoms with Crippen LogP contribution in [-0.4, -0.2) is 39.1 Å². The van der Waals surface area contributed by atoms with Gasteiger partial charge in [0, 0.05) is 18.3 Å². The number of likely N-dealkylation sites (tertiary alicyclic amines) is 1. The Balaban J connectivity index is 1.74. The summed E-state index contributed by atoms with van der Waals surface area (Å²) in [6.07, 6.45) is 2.20. The zero-order valence-corrected chi connectivity index (χ0v) is 14.6. The number of aliphatic hydroxyl groups is 1. The third kappa shape index (κ3) is 3.65. The number of hydrogen-bond acceptors (Lipinski definition) is 4. The number of nitrogens with zero attached hydrogens (tertiary/aromatic N) is 2. The summed E-state index contributed by atoms with van der Waals surface area (Å²) in [5.41, 5.74) is 0.313. The van der Waals surface area contributed by atoms with E-state index < -0.39 is 5.60 Å². The zero-order chi connectivity index (χ0) is 17.3. The summed E-state index contributed by atoms with van der Waals surface area (Å²) in [6.45, 7) is 4.11. The Hall–Kier alpha value is -1.79. The lowest BCUT2D eigenvalue weighted by molar-refractivity contribution is 0.000145. The van der Waals surface area contributed by atoms with Crippen LogP contribution in [0.3, 0.4) is 0 Å². The first kappa shape index (κ1) is 17.0. The SMILES string of the molecule is CC(C)(O)C1CCCN1C(=O)c1csc(Cc2cccc(F)c2)n1.